The molecule has 0 unspecified atom stereocenters. The topological polar surface area (TPSA) is 59.8 Å². The number of carbonyl (C=O) groups excluding carboxylic acids is 1. The maximum absolute atomic E-state index is 13.2. The van der Waals surface area contributed by atoms with E-state index in [-0.39, 0.29) is 5.91 Å². The lowest BCUT2D eigenvalue weighted by Crippen LogP contribution is -2.12. The van der Waals surface area contributed by atoms with Crippen molar-refractivity contribution in [1.82, 2.24) is 14.8 Å². The fraction of sp³-hybridized carbons (Fsp3) is 0.0417. The van der Waals surface area contributed by atoms with Gasteiger partial charge in [0.05, 0.1) is 26.5 Å². The van der Waals surface area contributed by atoms with Gasteiger partial charge in [-0.05, 0) is 37.3 Å². The molecule has 3 aromatic carbocycles. The van der Waals surface area contributed by atoms with Gasteiger partial charge in [0.2, 0.25) is 0 Å². The van der Waals surface area contributed by atoms with E-state index in [0.29, 0.717) is 11.3 Å². The largest absolute Gasteiger partial charge is 0.322 e. The first-order chi connectivity index (χ1) is 14.7. The monoisotopic (exact) mass is 410 g/mol. The van der Waals surface area contributed by atoms with Gasteiger partial charge in [-0.25, -0.2) is 9.67 Å². The smallest absolute Gasteiger partial charge is 0.259 e. The number of nitrogens with zero attached hydrogens (tertiary/aromatic N) is 3. The molecule has 30 heavy (non-hydrogen) atoms. The molecule has 2 heterocycles. The van der Waals surface area contributed by atoms with Crippen LogP contribution in [0.15, 0.2) is 85.1 Å². The summed E-state index contributed by atoms with van der Waals surface area (Å²) in [6.07, 6.45) is 1.78. The van der Waals surface area contributed by atoms with Gasteiger partial charge in [0.25, 0.3) is 5.91 Å². The third-order valence-corrected chi connectivity index (χ3v) is 5.71. The van der Waals surface area contributed by atoms with E-state index in [9.17, 15) is 4.79 Å². The van der Waals surface area contributed by atoms with Crippen LogP contribution in [0.25, 0.3) is 27.2 Å². The number of amides is 1. The average Bonchev–Trinajstić information content (AvgIpc) is 3.38. The summed E-state index contributed by atoms with van der Waals surface area (Å²) in [7, 11) is 0. The van der Waals surface area contributed by atoms with E-state index in [1.54, 1.807) is 22.2 Å². The lowest BCUT2D eigenvalue weighted by atomic mass is 10.1. The molecule has 0 saturated carbocycles. The minimum absolute atomic E-state index is 0.198. The highest BCUT2D eigenvalue weighted by atomic mass is 32.1. The molecular formula is C24H18N4OS. The fourth-order valence-electron chi connectivity index (χ4n) is 3.38. The van der Waals surface area contributed by atoms with Crippen LogP contribution < -0.4 is 5.32 Å². The van der Waals surface area contributed by atoms with Crippen molar-refractivity contribution in [3.05, 3.63) is 95.6 Å². The minimum atomic E-state index is -0.198. The van der Waals surface area contributed by atoms with Gasteiger partial charge in [-0.2, -0.15) is 5.10 Å². The molecule has 5 aromatic rings. The molecule has 5 nitrogen and oxygen atoms in total. The summed E-state index contributed by atoms with van der Waals surface area (Å²) in [5, 5.41) is 8.74. The van der Waals surface area contributed by atoms with E-state index in [1.807, 2.05) is 85.8 Å². The number of aromatic nitrogens is 3. The molecule has 0 spiro atoms. The van der Waals surface area contributed by atoms with Gasteiger partial charge >= 0.3 is 0 Å². The van der Waals surface area contributed by atoms with E-state index in [0.717, 1.165) is 32.2 Å². The lowest BCUT2D eigenvalue weighted by molar-refractivity contribution is 0.102. The number of nitrogens with one attached hydrogen (secondary N) is 1. The number of anilines is 1. The quantitative estimate of drug-likeness (QED) is 0.413. The zero-order chi connectivity index (χ0) is 20.5. The molecule has 0 aliphatic rings. The Morgan fingerprint density at radius 1 is 0.967 bits per heavy atom. The summed E-state index contributed by atoms with van der Waals surface area (Å²) in [6, 6.07) is 25.3. The van der Waals surface area contributed by atoms with Crippen LogP contribution in [0.4, 0.5) is 5.69 Å². The van der Waals surface area contributed by atoms with Gasteiger partial charge in [0.1, 0.15) is 5.69 Å². The molecule has 0 saturated heterocycles. The predicted molar refractivity (Wildman–Crippen MR) is 121 cm³/mol. The van der Waals surface area contributed by atoms with Gasteiger partial charge in [-0.15, -0.1) is 11.3 Å². The van der Waals surface area contributed by atoms with E-state index in [2.05, 4.69) is 10.3 Å². The van der Waals surface area contributed by atoms with Crippen molar-refractivity contribution in [3.63, 3.8) is 0 Å². The summed E-state index contributed by atoms with van der Waals surface area (Å²) in [6.45, 7) is 1.98. The highest BCUT2D eigenvalue weighted by Crippen LogP contribution is 2.27. The Morgan fingerprint density at radius 3 is 2.47 bits per heavy atom. The standard InChI is InChI=1S/C24H18N4OS/c1-16-25-21-13-12-18(14-22(21)30-16)26-24(29)20-15-28(19-10-6-3-7-11-19)27-23(20)17-8-4-2-5-9-17/h2-15H,1H3,(H,26,29). The van der Waals surface area contributed by atoms with Crippen LogP contribution >= 0.6 is 11.3 Å². The SMILES string of the molecule is Cc1nc2ccc(NC(=O)c3cn(-c4ccccc4)nc3-c3ccccc3)cc2s1. The van der Waals surface area contributed by atoms with Crippen molar-refractivity contribution in [2.24, 2.45) is 0 Å². The number of rotatable bonds is 4. The van der Waals surface area contributed by atoms with Crippen LogP contribution in [0.3, 0.4) is 0 Å². The number of hydrogen-bond acceptors (Lipinski definition) is 4. The Bertz CT molecular complexity index is 1340. The van der Waals surface area contributed by atoms with Crippen molar-refractivity contribution in [3.8, 4) is 16.9 Å². The summed E-state index contributed by atoms with van der Waals surface area (Å²) in [5.41, 5.74) is 4.64. The molecule has 2 aromatic heterocycles. The van der Waals surface area contributed by atoms with E-state index < -0.39 is 0 Å². The molecule has 5 rings (SSSR count). The molecule has 1 N–H and O–H groups in total. The fourth-order valence-corrected chi connectivity index (χ4v) is 4.24. The number of fused-ring (bicyclic) bond motifs is 1. The summed E-state index contributed by atoms with van der Waals surface area (Å²) < 4.78 is 2.79. The molecule has 0 atom stereocenters. The second-order valence-electron chi connectivity index (χ2n) is 6.91. The third-order valence-electron chi connectivity index (χ3n) is 4.78. The van der Waals surface area contributed by atoms with Crippen molar-refractivity contribution in [2.45, 2.75) is 6.92 Å². The zero-order valence-corrected chi connectivity index (χ0v) is 17.1. The van der Waals surface area contributed by atoms with Crippen molar-refractivity contribution in [2.75, 3.05) is 5.32 Å². The normalized spacial score (nSPS) is 11.0. The molecule has 0 bridgehead atoms. The van der Waals surface area contributed by atoms with Crippen molar-refractivity contribution < 1.29 is 4.79 Å². The van der Waals surface area contributed by atoms with Gasteiger partial charge in [0.15, 0.2) is 0 Å². The second kappa shape index (κ2) is 7.57. The van der Waals surface area contributed by atoms with Gasteiger partial charge < -0.3 is 5.32 Å². The number of benzene rings is 3. The van der Waals surface area contributed by atoms with Crippen LogP contribution in [0, 0.1) is 6.92 Å². The average molecular weight is 411 g/mol. The maximum Gasteiger partial charge on any atom is 0.259 e. The van der Waals surface area contributed by atoms with Crippen molar-refractivity contribution in [1.29, 1.82) is 0 Å². The van der Waals surface area contributed by atoms with E-state index in [4.69, 9.17) is 5.10 Å². The molecule has 0 radical (unpaired) electrons. The lowest BCUT2D eigenvalue weighted by Gasteiger charge is -2.05. The molecule has 0 aliphatic carbocycles. The van der Waals surface area contributed by atoms with Crippen LogP contribution in [0.2, 0.25) is 0 Å². The van der Waals surface area contributed by atoms with Crippen LogP contribution in [-0.4, -0.2) is 20.7 Å². The minimum Gasteiger partial charge on any atom is -0.322 e. The Morgan fingerprint density at radius 2 is 1.70 bits per heavy atom. The number of aryl methyl sites for hydroxylation is 1. The Balaban J connectivity index is 1.54. The third kappa shape index (κ3) is 3.49. The van der Waals surface area contributed by atoms with Gasteiger partial charge in [-0.3, -0.25) is 4.79 Å². The number of hydrogen-bond donors (Lipinski definition) is 1. The zero-order valence-electron chi connectivity index (χ0n) is 16.2. The molecule has 0 fully saturated rings. The van der Waals surface area contributed by atoms with Crippen LogP contribution in [0.1, 0.15) is 15.4 Å². The van der Waals surface area contributed by atoms with Crippen LogP contribution in [0.5, 0.6) is 0 Å². The van der Waals surface area contributed by atoms with E-state index in [1.165, 1.54) is 0 Å². The number of carbonyl (C=O) groups is 1. The van der Waals surface area contributed by atoms with Gasteiger partial charge in [-0.1, -0.05) is 48.5 Å². The molecule has 6 heteroatoms. The highest BCUT2D eigenvalue weighted by Gasteiger charge is 2.19. The molecule has 0 aliphatic heterocycles. The van der Waals surface area contributed by atoms with Gasteiger partial charge in [0, 0.05) is 17.4 Å². The molecular weight excluding hydrogens is 392 g/mol. The van der Waals surface area contributed by atoms with Crippen molar-refractivity contribution >= 4 is 33.1 Å². The van der Waals surface area contributed by atoms with Crippen LogP contribution in [-0.2, 0) is 0 Å². The number of thiazole rings is 1. The first-order valence-corrected chi connectivity index (χ1v) is 10.4. The number of para-hydroxylation sites is 1. The first-order valence-electron chi connectivity index (χ1n) is 9.56. The summed E-state index contributed by atoms with van der Waals surface area (Å²) in [5.74, 6) is -0.198. The molecule has 1 amide bonds. The van der Waals surface area contributed by atoms with E-state index >= 15 is 0 Å². The summed E-state index contributed by atoms with van der Waals surface area (Å²) in [4.78, 5) is 17.7. The second-order valence-corrected chi connectivity index (χ2v) is 8.14. The molecule has 146 valence electrons. The summed E-state index contributed by atoms with van der Waals surface area (Å²) >= 11 is 1.61. The Labute approximate surface area is 177 Å². The predicted octanol–water partition coefficient (Wildman–Crippen LogP) is 5.71. The Kier molecular flexibility index (Phi) is 4.61. The highest BCUT2D eigenvalue weighted by molar-refractivity contribution is 7.18. The maximum atomic E-state index is 13.2. The first kappa shape index (κ1) is 18.3. The Hall–Kier alpha value is -3.77.